The van der Waals surface area contributed by atoms with Crippen molar-refractivity contribution in [2.75, 3.05) is 24.6 Å². The van der Waals surface area contributed by atoms with Gasteiger partial charge in [0, 0.05) is 23.2 Å². The first-order valence-electron chi connectivity index (χ1n) is 7.62. The summed E-state index contributed by atoms with van der Waals surface area (Å²) >= 11 is 3.37. The molecule has 1 fully saturated rings. The topological polar surface area (TPSA) is 36.3 Å². The van der Waals surface area contributed by atoms with Crippen LogP contribution in [0.15, 0.2) is 46.9 Å². The predicted molar refractivity (Wildman–Crippen MR) is 91.2 cm³/mol. The number of anilines is 1. The van der Waals surface area contributed by atoms with Gasteiger partial charge in [0.2, 0.25) is 0 Å². The number of alkyl halides is 3. The molecule has 1 saturated heterocycles. The molecule has 25 heavy (non-hydrogen) atoms. The lowest BCUT2D eigenvalue weighted by Gasteiger charge is -2.35. The van der Waals surface area contributed by atoms with Crippen molar-refractivity contribution >= 4 is 21.6 Å². The van der Waals surface area contributed by atoms with Crippen molar-refractivity contribution < 1.29 is 17.9 Å². The van der Waals surface area contributed by atoms with Crippen LogP contribution in [0.5, 0.6) is 0 Å². The van der Waals surface area contributed by atoms with Crippen molar-refractivity contribution in [2.24, 2.45) is 0 Å². The highest BCUT2D eigenvalue weighted by Gasteiger charge is 2.34. The first-order chi connectivity index (χ1) is 11.9. The molecule has 0 spiro atoms. The van der Waals surface area contributed by atoms with Gasteiger partial charge in [-0.25, -0.2) is 0 Å². The summed E-state index contributed by atoms with van der Waals surface area (Å²) in [5, 5.41) is 8.91. The normalized spacial score (nSPS) is 18.0. The molecule has 0 aromatic heterocycles. The van der Waals surface area contributed by atoms with Crippen molar-refractivity contribution in [1.82, 2.24) is 0 Å². The minimum absolute atomic E-state index is 0.216. The Hall–Kier alpha value is -2.04. The molecule has 1 aliphatic rings. The minimum Gasteiger partial charge on any atom is -0.370 e. The van der Waals surface area contributed by atoms with Crippen LogP contribution < -0.4 is 4.90 Å². The third-order valence-corrected chi connectivity index (χ3v) is 4.63. The lowest BCUT2D eigenvalue weighted by molar-refractivity contribution is -0.137. The highest BCUT2D eigenvalue weighted by atomic mass is 79.9. The van der Waals surface area contributed by atoms with Gasteiger partial charge in [0.05, 0.1) is 23.8 Å². The van der Waals surface area contributed by atoms with Gasteiger partial charge >= 0.3 is 6.18 Å². The molecule has 0 aliphatic carbocycles. The Morgan fingerprint density at radius 2 is 1.88 bits per heavy atom. The van der Waals surface area contributed by atoms with Crippen LogP contribution in [0.3, 0.4) is 0 Å². The zero-order chi connectivity index (χ0) is 18.0. The Labute approximate surface area is 151 Å². The largest absolute Gasteiger partial charge is 0.417 e. The Kier molecular flexibility index (Phi) is 5.02. The van der Waals surface area contributed by atoms with Crippen molar-refractivity contribution in [1.29, 1.82) is 5.26 Å². The Morgan fingerprint density at radius 3 is 2.52 bits per heavy atom. The molecule has 3 nitrogen and oxygen atoms in total. The van der Waals surface area contributed by atoms with E-state index >= 15 is 0 Å². The maximum absolute atomic E-state index is 13.2. The number of hydrogen-bond acceptors (Lipinski definition) is 3. The Morgan fingerprint density at radius 1 is 1.16 bits per heavy atom. The quantitative estimate of drug-likeness (QED) is 0.704. The summed E-state index contributed by atoms with van der Waals surface area (Å²) in [7, 11) is 0. The van der Waals surface area contributed by atoms with E-state index in [1.54, 1.807) is 12.1 Å². The molecule has 0 saturated carbocycles. The first kappa shape index (κ1) is 17.8. The van der Waals surface area contributed by atoms with E-state index in [0.29, 0.717) is 25.4 Å². The molecule has 3 rings (SSSR count). The monoisotopic (exact) mass is 410 g/mol. The molecule has 0 amide bonds. The van der Waals surface area contributed by atoms with Gasteiger partial charge in [-0.05, 0) is 35.9 Å². The number of nitrogens with zero attached hydrogens (tertiary/aromatic N) is 2. The molecule has 2 aromatic carbocycles. The summed E-state index contributed by atoms with van der Waals surface area (Å²) in [4.78, 5) is 1.85. The molecule has 0 radical (unpaired) electrons. The van der Waals surface area contributed by atoms with E-state index in [0.717, 1.165) is 16.1 Å². The van der Waals surface area contributed by atoms with Gasteiger partial charge in [0.25, 0.3) is 0 Å². The van der Waals surface area contributed by atoms with Crippen LogP contribution in [0.2, 0.25) is 0 Å². The maximum Gasteiger partial charge on any atom is 0.417 e. The lowest BCUT2D eigenvalue weighted by Crippen LogP contribution is -2.38. The number of ether oxygens (including phenoxy) is 1. The van der Waals surface area contributed by atoms with Crippen molar-refractivity contribution in [3.05, 3.63) is 63.6 Å². The van der Waals surface area contributed by atoms with E-state index in [2.05, 4.69) is 15.9 Å². The van der Waals surface area contributed by atoms with E-state index in [9.17, 15) is 13.2 Å². The van der Waals surface area contributed by atoms with E-state index in [4.69, 9.17) is 10.00 Å². The Balaban J connectivity index is 1.86. The van der Waals surface area contributed by atoms with Gasteiger partial charge in [0.1, 0.15) is 6.10 Å². The highest BCUT2D eigenvalue weighted by molar-refractivity contribution is 9.10. The van der Waals surface area contributed by atoms with E-state index in [1.807, 2.05) is 29.2 Å². The molecule has 0 N–H and O–H groups in total. The summed E-state index contributed by atoms with van der Waals surface area (Å²) in [6, 6.07) is 13.1. The zero-order valence-electron chi connectivity index (χ0n) is 13.1. The van der Waals surface area contributed by atoms with Gasteiger partial charge in [-0.3, -0.25) is 0 Å². The minimum atomic E-state index is -4.56. The average Bonchev–Trinajstić information content (AvgIpc) is 2.61. The number of hydrogen-bond donors (Lipinski definition) is 0. The van der Waals surface area contributed by atoms with Crippen molar-refractivity contribution in [2.45, 2.75) is 12.3 Å². The summed E-state index contributed by atoms with van der Waals surface area (Å²) in [5.74, 6) is 0. The molecule has 1 atom stereocenters. The van der Waals surface area contributed by atoms with Gasteiger partial charge in [-0.15, -0.1) is 0 Å². The second kappa shape index (κ2) is 7.06. The second-order valence-corrected chi connectivity index (χ2v) is 6.61. The van der Waals surface area contributed by atoms with Gasteiger partial charge in [-0.1, -0.05) is 28.1 Å². The molecule has 2 aromatic rings. The van der Waals surface area contributed by atoms with E-state index in [-0.39, 0.29) is 11.7 Å². The summed E-state index contributed by atoms with van der Waals surface area (Å²) in [5.41, 5.74) is 0.141. The van der Waals surface area contributed by atoms with E-state index in [1.165, 1.54) is 6.07 Å². The summed E-state index contributed by atoms with van der Waals surface area (Å²) < 4.78 is 46.2. The fourth-order valence-corrected chi connectivity index (χ4v) is 3.09. The first-order valence-corrected chi connectivity index (χ1v) is 8.41. The molecule has 0 bridgehead atoms. The number of benzene rings is 2. The van der Waals surface area contributed by atoms with Crippen LogP contribution in [0.4, 0.5) is 18.9 Å². The van der Waals surface area contributed by atoms with Gasteiger partial charge < -0.3 is 9.64 Å². The molecule has 7 heteroatoms. The average molecular weight is 411 g/mol. The number of morpholine rings is 1. The smallest absolute Gasteiger partial charge is 0.370 e. The van der Waals surface area contributed by atoms with Crippen LogP contribution in [0, 0.1) is 11.3 Å². The number of rotatable bonds is 2. The SMILES string of the molecule is N#Cc1ccc(N2CCOC(c3ccc(Br)cc3)C2)cc1C(F)(F)F. The number of halogens is 4. The summed E-state index contributed by atoms with van der Waals surface area (Å²) in [6.07, 6.45) is -4.77. The number of nitriles is 1. The van der Waals surface area contributed by atoms with E-state index < -0.39 is 11.7 Å². The van der Waals surface area contributed by atoms with Gasteiger partial charge in [0.15, 0.2) is 0 Å². The zero-order valence-corrected chi connectivity index (χ0v) is 14.6. The standard InChI is InChI=1S/C18H14BrF3N2O/c19-14-4-1-12(2-5-14)17-11-24(7-8-25-17)15-6-3-13(10-23)16(9-15)18(20,21)22/h1-6,9,17H,7-8,11H2. The predicted octanol–water partition coefficient (Wildman–Crippen LogP) is 4.92. The molecule has 130 valence electrons. The molecular formula is C18H14BrF3N2O. The van der Waals surface area contributed by atoms with Crippen LogP contribution in [-0.4, -0.2) is 19.7 Å². The van der Waals surface area contributed by atoms with Crippen molar-refractivity contribution in [3.63, 3.8) is 0 Å². The van der Waals surface area contributed by atoms with Crippen molar-refractivity contribution in [3.8, 4) is 6.07 Å². The third kappa shape index (κ3) is 3.97. The Bertz CT molecular complexity index is 799. The summed E-state index contributed by atoms with van der Waals surface area (Å²) in [6.45, 7) is 1.36. The molecular weight excluding hydrogens is 397 g/mol. The lowest BCUT2D eigenvalue weighted by atomic mass is 10.0. The van der Waals surface area contributed by atoms with Crippen LogP contribution in [0.25, 0.3) is 0 Å². The molecule has 1 aliphatic heterocycles. The fraction of sp³-hybridized carbons (Fsp3) is 0.278. The highest BCUT2D eigenvalue weighted by Crippen LogP contribution is 2.35. The molecule has 1 unspecified atom stereocenters. The van der Waals surface area contributed by atoms with Gasteiger partial charge in [-0.2, -0.15) is 18.4 Å². The third-order valence-electron chi connectivity index (χ3n) is 4.10. The molecule has 1 heterocycles. The fourth-order valence-electron chi connectivity index (χ4n) is 2.82. The maximum atomic E-state index is 13.2. The second-order valence-electron chi connectivity index (χ2n) is 5.70. The van der Waals surface area contributed by atoms with Crippen LogP contribution in [-0.2, 0) is 10.9 Å². The van der Waals surface area contributed by atoms with Crippen LogP contribution in [0.1, 0.15) is 22.8 Å². The van der Waals surface area contributed by atoms with Crippen LogP contribution >= 0.6 is 15.9 Å².